The van der Waals surface area contributed by atoms with E-state index in [-0.39, 0.29) is 54.1 Å². The maximum atomic E-state index is 13.9. The highest BCUT2D eigenvalue weighted by Gasteiger charge is 2.31. The van der Waals surface area contributed by atoms with E-state index >= 15 is 0 Å². The van der Waals surface area contributed by atoms with E-state index in [9.17, 15) is 32.7 Å². The van der Waals surface area contributed by atoms with Gasteiger partial charge in [0.2, 0.25) is 27.7 Å². The van der Waals surface area contributed by atoms with Crippen molar-refractivity contribution in [2.75, 3.05) is 25.0 Å². The summed E-state index contributed by atoms with van der Waals surface area (Å²) in [5.41, 5.74) is 3.88. The lowest BCUT2D eigenvalue weighted by molar-refractivity contribution is -0.130. The number of anilines is 1. The molecular formula is C42H53N9O8S. The summed E-state index contributed by atoms with van der Waals surface area (Å²) in [4.78, 5) is 52.4. The number of alkyl carbamates (subject to hydrolysis) is 1. The van der Waals surface area contributed by atoms with Crippen LogP contribution < -0.4 is 20.7 Å². The number of benzene rings is 3. The van der Waals surface area contributed by atoms with Gasteiger partial charge in [0, 0.05) is 49.3 Å². The number of hydrogen-bond donors (Lipinski definition) is 6. The number of nitrogens with zero attached hydrogens (tertiary/aromatic N) is 4. The maximum absolute atomic E-state index is 13.9. The van der Waals surface area contributed by atoms with Crippen LogP contribution in [-0.2, 0) is 30.8 Å². The van der Waals surface area contributed by atoms with E-state index in [1.54, 1.807) is 42.5 Å². The Kier molecular flexibility index (Phi) is 13.8. The number of carbonyl (C=O) groups excluding carboxylic acids is 3. The van der Waals surface area contributed by atoms with Crippen molar-refractivity contribution >= 4 is 39.7 Å². The molecule has 4 amide bonds. The predicted octanol–water partition coefficient (Wildman–Crippen LogP) is 5.26. The normalized spacial score (nSPS) is 18.0. The summed E-state index contributed by atoms with van der Waals surface area (Å²) in [6, 6.07) is 18.2. The summed E-state index contributed by atoms with van der Waals surface area (Å²) in [6.45, 7) is 8.27. The van der Waals surface area contributed by atoms with E-state index in [1.807, 2.05) is 52.0 Å². The Hall–Kier alpha value is -5.88. The second-order valence-corrected chi connectivity index (χ2v) is 18.2. The highest BCUT2D eigenvalue weighted by Crippen LogP contribution is 2.30. The fourth-order valence-corrected chi connectivity index (χ4v) is 8.93. The molecule has 1 aliphatic heterocycles. The van der Waals surface area contributed by atoms with Crippen LogP contribution in [0.2, 0.25) is 0 Å². The van der Waals surface area contributed by atoms with Crippen LogP contribution >= 0.6 is 0 Å². The van der Waals surface area contributed by atoms with Gasteiger partial charge in [0.1, 0.15) is 11.6 Å². The molecule has 18 heteroatoms. The molecule has 0 unspecified atom stereocenters. The monoisotopic (exact) mass is 843 g/mol. The Labute approximate surface area is 349 Å². The van der Waals surface area contributed by atoms with E-state index in [0.717, 1.165) is 35.1 Å². The molecule has 0 radical (unpaired) electrons. The second-order valence-electron chi connectivity index (χ2n) is 16.5. The third-order valence-electron chi connectivity index (χ3n) is 10.8. The van der Waals surface area contributed by atoms with E-state index < -0.39 is 33.9 Å². The second kappa shape index (κ2) is 19.0. The number of carboxylic acid groups (broad SMARTS) is 1. The number of sulfonamides is 1. The molecule has 2 fully saturated rings. The smallest absolute Gasteiger partial charge is 0.407 e. The molecule has 60 heavy (non-hydrogen) atoms. The molecule has 6 N–H and O–H groups in total. The van der Waals surface area contributed by atoms with Gasteiger partial charge < -0.3 is 30.7 Å². The highest BCUT2D eigenvalue weighted by molar-refractivity contribution is 7.89. The number of H-pyrrole nitrogens is 1. The number of likely N-dealkylation sites (tertiary alicyclic amines) is 1. The number of carbonyl (C=O) groups is 4. The Bertz CT molecular complexity index is 2230. The SMILES string of the molecule is Cc1cc(S(=O)(=O)NC2CCN(C(=O)O)CC2)ccc1-c1ccc(C[C@H](NC(=O)C2CCC(CNC(=O)OC(C)(C)C)CC2)C(=O)Nc2ccc(-c3nn[nH]n3)cc2)cc1. The van der Waals surface area contributed by atoms with Crippen LogP contribution in [0.15, 0.2) is 71.6 Å². The zero-order valence-corrected chi connectivity index (χ0v) is 35.0. The van der Waals surface area contributed by atoms with E-state index in [1.165, 1.54) is 4.90 Å². The summed E-state index contributed by atoms with van der Waals surface area (Å²) in [5, 5.41) is 32.0. The largest absolute Gasteiger partial charge is 0.465 e. The Morgan fingerprint density at radius 3 is 2.18 bits per heavy atom. The molecule has 0 spiro atoms. The van der Waals surface area contributed by atoms with Crippen molar-refractivity contribution in [3.05, 3.63) is 77.9 Å². The van der Waals surface area contributed by atoms with Crippen LogP contribution in [0.1, 0.15) is 70.4 Å². The number of aromatic nitrogens is 4. The van der Waals surface area contributed by atoms with Gasteiger partial charge in [0.25, 0.3) is 0 Å². The number of piperidine rings is 1. The standard InChI is InChI=1S/C42H53N9O8S/c1-26-23-34(60(57,58)48-33-19-21-51(22-20-33)41(55)56)17-18-35(26)29-9-5-27(6-10-29)24-36(39(53)44-32-15-13-30(14-16-32)37-46-49-50-47-37)45-38(52)31-11-7-28(8-12-31)25-43-40(54)59-42(2,3)4/h5-6,9-10,13-18,23,28,31,33,36,48H,7-8,11-12,19-22,24-25H2,1-4H3,(H,43,54)(H,44,53)(H,45,52)(H,55,56)(H,46,47,49,50)/t28?,31?,36-/m0/s1. The summed E-state index contributed by atoms with van der Waals surface area (Å²) >= 11 is 0. The van der Waals surface area contributed by atoms with Crippen LogP contribution in [0.5, 0.6) is 0 Å². The number of aryl methyl sites for hydroxylation is 1. The first-order valence-electron chi connectivity index (χ1n) is 20.1. The number of ether oxygens (including phenoxy) is 1. The number of hydrogen-bond acceptors (Lipinski definition) is 10. The topological polar surface area (TPSA) is 238 Å². The average molecular weight is 844 g/mol. The van der Waals surface area contributed by atoms with Crippen LogP contribution in [-0.4, -0.2) is 100 Å². The zero-order chi connectivity index (χ0) is 43.0. The lowest BCUT2D eigenvalue weighted by Crippen LogP contribution is -2.48. The minimum atomic E-state index is -3.83. The molecule has 1 saturated carbocycles. The Morgan fingerprint density at radius 1 is 0.917 bits per heavy atom. The molecule has 1 aliphatic carbocycles. The van der Waals surface area contributed by atoms with Crippen molar-refractivity contribution in [1.29, 1.82) is 0 Å². The van der Waals surface area contributed by atoms with Crippen molar-refractivity contribution < 1.29 is 37.4 Å². The zero-order valence-electron chi connectivity index (χ0n) is 34.2. The highest BCUT2D eigenvalue weighted by atomic mass is 32.2. The van der Waals surface area contributed by atoms with Crippen LogP contribution in [0.3, 0.4) is 0 Å². The molecule has 4 aromatic rings. The molecule has 6 rings (SSSR count). The van der Waals surface area contributed by atoms with E-state index in [2.05, 4.69) is 41.3 Å². The van der Waals surface area contributed by atoms with Gasteiger partial charge in [0.05, 0.1) is 4.90 Å². The number of rotatable bonds is 13. The fourth-order valence-electron chi connectivity index (χ4n) is 7.54. The van der Waals surface area contributed by atoms with Crippen LogP contribution in [0.25, 0.3) is 22.5 Å². The number of aromatic amines is 1. The Morgan fingerprint density at radius 2 is 1.58 bits per heavy atom. The van der Waals surface area contributed by atoms with Gasteiger partial charge in [-0.2, -0.15) is 5.21 Å². The number of amides is 4. The summed E-state index contributed by atoms with van der Waals surface area (Å²) in [7, 11) is -3.83. The van der Waals surface area contributed by atoms with Gasteiger partial charge in [-0.15, -0.1) is 10.2 Å². The molecule has 17 nitrogen and oxygen atoms in total. The minimum Gasteiger partial charge on any atom is -0.465 e. The first kappa shape index (κ1) is 43.7. The van der Waals surface area contributed by atoms with Crippen molar-refractivity contribution in [2.45, 2.75) is 95.2 Å². The summed E-state index contributed by atoms with van der Waals surface area (Å²) in [6.07, 6.45) is 2.26. The Balaban J connectivity index is 1.10. The molecule has 320 valence electrons. The summed E-state index contributed by atoms with van der Waals surface area (Å²) in [5.74, 6) is -0.250. The van der Waals surface area contributed by atoms with Gasteiger partial charge in [-0.25, -0.2) is 22.7 Å². The first-order valence-corrected chi connectivity index (χ1v) is 21.6. The van der Waals surface area contributed by atoms with Crippen molar-refractivity contribution in [2.24, 2.45) is 11.8 Å². The quantitative estimate of drug-likeness (QED) is 0.102. The number of tetrazole rings is 1. The molecule has 1 atom stereocenters. The van der Waals surface area contributed by atoms with Crippen molar-refractivity contribution in [3.8, 4) is 22.5 Å². The molecular weight excluding hydrogens is 791 g/mol. The van der Waals surface area contributed by atoms with Crippen molar-refractivity contribution in [3.63, 3.8) is 0 Å². The van der Waals surface area contributed by atoms with E-state index in [4.69, 9.17) is 4.74 Å². The van der Waals surface area contributed by atoms with Crippen LogP contribution in [0.4, 0.5) is 15.3 Å². The molecule has 1 saturated heterocycles. The molecule has 2 aliphatic rings. The molecule has 3 aromatic carbocycles. The third-order valence-corrected chi connectivity index (χ3v) is 12.4. The van der Waals surface area contributed by atoms with Crippen LogP contribution in [0, 0.1) is 18.8 Å². The lowest BCUT2D eigenvalue weighted by Gasteiger charge is -2.30. The van der Waals surface area contributed by atoms with Gasteiger partial charge in [-0.1, -0.05) is 30.3 Å². The van der Waals surface area contributed by atoms with Crippen molar-refractivity contribution in [1.82, 2.24) is 40.9 Å². The summed E-state index contributed by atoms with van der Waals surface area (Å²) < 4.78 is 34.6. The molecule has 0 bridgehead atoms. The predicted molar refractivity (Wildman–Crippen MR) is 223 cm³/mol. The lowest BCUT2D eigenvalue weighted by atomic mass is 9.81. The van der Waals surface area contributed by atoms with Gasteiger partial charge in [0.15, 0.2) is 0 Å². The fraction of sp³-hybridized carbons (Fsp3) is 0.452. The van der Waals surface area contributed by atoms with Gasteiger partial charge >= 0.3 is 12.2 Å². The minimum absolute atomic E-state index is 0.126. The maximum Gasteiger partial charge on any atom is 0.407 e. The third kappa shape index (κ3) is 11.9. The van der Waals surface area contributed by atoms with Gasteiger partial charge in [-0.3, -0.25) is 9.59 Å². The molecule has 1 aromatic heterocycles. The average Bonchev–Trinajstić information content (AvgIpc) is 3.75. The van der Waals surface area contributed by atoms with Gasteiger partial charge in [-0.05, 0) is 136 Å². The first-order chi connectivity index (χ1) is 28.5. The number of nitrogens with one attached hydrogen (secondary N) is 5. The molecule has 2 heterocycles. The van der Waals surface area contributed by atoms with E-state index in [0.29, 0.717) is 49.3 Å².